The van der Waals surface area contributed by atoms with Gasteiger partial charge in [0, 0.05) is 0 Å². The highest BCUT2D eigenvalue weighted by Gasteiger charge is 2.43. The van der Waals surface area contributed by atoms with Crippen LogP contribution in [0.4, 0.5) is 36.6 Å². The molecule has 1 N–H and O–H groups in total. The second kappa shape index (κ2) is 7.14. The van der Waals surface area contributed by atoms with Crippen LogP contribution >= 0.6 is 0 Å². The molecule has 0 aliphatic rings. The van der Waals surface area contributed by atoms with E-state index in [0.29, 0.717) is 6.20 Å². The van der Waals surface area contributed by atoms with Crippen LogP contribution in [-0.2, 0) is 15.7 Å². The zero-order valence-corrected chi connectivity index (χ0v) is 13.1. The Labute approximate surface area is 145 Å². The lowest BCUT2D eigenvalue weighted by atomic mass is 10.1. The summed E-state index contributed by atoms with van der Waals surface area (Å²) in [5, 5.41) is 14.5. The molecule has 0 saturated carbocycles. The van der Waals surface area contributed by atoms with Crippen molar-refractivity contribution in [3.8, 4) is 11.8 Å². The third kappa shape index (κ3) is 3.50. The number of nitrogens with one attached hydrogen (secondary N) is 1. The molecule has 1 aromatic heterocycles. The lowest BCUT2D eigenvalue weighted by molar-refractivity contribution is -0.143. The molecule has 0 radical (unpaired) electrons. The number of nitrogens with zero attached hydrogens (tertiary/aromatic N) is 3. The summed E-state index contributed by atoms with van der Waals surface area (Å²) in [6.07, 6.45) is -4.99. The van der Waals surface area contributed by atoms with Crippen LogP contribution in [0.2, 0.25) is 0 Å². The van der Waals surface area contributed by atoms with Gasteiger partial charge in [0.2, 0.25) is 0 Å². The van der Waals surface area contributed by atoms with Crippen molar-refractivity contribution in [3.05, 3.63) is 40.6 Å². The summed E-state index contributed by atoms with van der Waals surface area (Å²) in [4.78, 5) is 11.2. The highest BCUT2D eigenvalue weighted by molar-refractivity contribution is 5.75. The Morgan fingerprint density at radius 3 is 2.22 bits per heavy atom. The van der Waals surface area contributed by atoms with Crippen LogP contribution in [0.1, 0.15) is 11.1 Å². The average molecular weight is 396 g/mol. The van der Waals surface area contributed by atoms with Crippen LogP contribution in [0.15, 0.2) is 6.20 Å². The van der Waals surface area contributed by atoms with E-state index in [1.54, 1.807) is 0 Å². The van der Waals surface area contributed by atoms with Crippen LogP contribution in [-0.4, -0.2) is 29.4 Å². The summed E-state index contributed by atoms with van der Waals surface area (Å²) in [5.41, 5.74) is -4.82. The minimum atomic E-state index is -5.71. The minimum absolute atomic E-state index is 0.123. The number of alkyl halides is 3. The molecule has 0 saturated heterocycles. The first-order valence-electron chi connectivity index (χ1n) is 6.76. The van der Waals surface area contributed by atoms with Gasteiger partial charge in [-0.25, -0.2) is 22.2 Å². The molecule has 0 aliphatic carbocycles. The summed E-state index contributed by atoms with van der Waals surface area (Å²) < 4.78 is 98.2. The number of esters is 1. The fraction of sp³-hybridized carbons (Fsp3) is 0.214. The molecule has 0 fully saturated rings. The Hall–Kier alpha value is -3.30. The van der Waals surface area contributed by atoms with Crippen LogP contribution in [0.3, 0.4) is 0 Å². The smallest absolute Gasteiger partial charge is 0.422 e. The van der Waals surface area contributed by atoms with Crippen LogP contribution in [0.5, 0.6) is 0 Å². The zero-order chi connectivity index (χ0) is 20.5. The van der Waals surface area contributed by atoms with E-state index in [1.165, 1.54) is 6.07 Å². The molecule has 0 atom stereocenters. The molecule has 0 aliphatic heterocycles. The number of ether oxygens (including phenoxy) is 1. The van der Waals surface area contributed by atoms with Crippen molar-refractivity contribution in [1.82, 2.24) is 9.78 Å². The van der Waals surface area contributed by atoms with Crippen LogP contribution < -0.4 is 5.32 Å². The lowest BCUT2D eigenvalue weighted by Gasteiger charge is -2.15. The highest BCUT2D eigenvalue weighted by Crippen LogP contribution is 2.38. The van der Waals surface area contributed by atoms with E-state index >= 15 is 0 Å². The van der Waals surface area contributed by atoms with Crippen molar-refractivity contribution < 1.29 is 40.3 Å². The van der Waals surface area contributed by atoms with Crippen molar-refractivity contribution in [2.24, 2.45) is 0 Å². The second-order valence-corrected chi connectivity index (χ2v) is 4.84. The molecular weight excluding hydrogens is 389 g/mol. The first kappa shape index (κ1) is 20.0. The van der Waals surface area contributed by atoms with Gasteiger partial charge in [-0.05, 0) is 0 Å². The number of rotatable bonds is 4. The summed E-state index contributed by atoms with van der Waals surface area (Å²) in [6.45, 7) is -0.647. The van der Waals surface area contributed by atoms with Gasteiger partial charge in [0.1, 0.15) is 35.2 Å². The van der Waals surface area contributed by atoms with Crippen molar-refractivity contribution in [1.29, 1.82) is 5.26 Å². The molecule has 2 rings (SSSR count). The number of hydrogen-bond acceptors (Lipinski definition) is 5. The topological polar surface area (TPSA) is 79.9 Å². The fourth-order valence-corrected chi connectivity index (χ4v) is 2.05. The highest BCUT2D eigenvalue weighted by atomic mass is 19.4. The summed E-state index contributed by atoms with van der Waals surface area (Å²) in [7, 11) is 1.01. The third-order valence-electron chi connectivity index (χ3n) is 3.25. The van der Waals surface area contributed by atoms with Gasteiger partial charge in [0.15, 0.2) is 23.3 Å². The van der Waals surface area contributed by atoms with E-state index < -0.39 is 64.6 Å². The van der Waals surface area contributed by atoms with Crippen molar-refractivity contribution in [3.63, 3.8) is 0 Å². The number of nitriles is 1. The number of carbonyl (C=O) groups is 1. The van der Waals surface area contributed by atoms with E-state index in [2.05, 4.69) is 15.2 Å². The van der Waals surface area contributed by atoms with Gasteiger partial charge in [0.25, 0.3) is 0 Å². The molecule has 1 aromatic carbocycles. The maximum absolute atomic E-state index is 14.1. The van der Waals surface area contributed by atoms with Crippen LogP contribution in [0.25, 0.3) is 5.69 Å². The molecule has 0 unspecified atom stereocenters. The van der Waals surface area contributed by atoms with Gasteiger partial charge < -0.3 is 10.1 Å². The number of methoxy groups -OCH3 is 1. The molecule has 27 heavy (non-hydrogen) atoms. The van der Waals surface area contributed by atoms with Gasteiger partial charge in [-0.3, -0.25) is 4.79 Å². The lowest BCUT2D eigenvalue weighted by Crippen LogP contribution is -2.21. The molecule has 13 heteroatoms. The SMILES string of the molecule is COC(=O)CNc1c(C#N)cnn1-c1c(F)c(F)c(C(F)(F)F)c(F)c1F. The van der Waals surface area contributed by atoms with Gasteiger partial charge in [-0.1, -0.05) is 0 Å². The second-order valence-electron chi connectivity index (χ2n) is 4.84. The average Bonchev–Trinajstić information content (AvgIpc) is 2.99. The third-order valence-corrected chi connectivity index (χ3v) is 3.25. The predicted octanol–water partition coefficient (Wildman–Crippen LogP) is 2.90. The Balaban J connectivity index is 2.72. The molecule has 6 nitrogen and oxygen atoms in total. The maximum atomic E-state index is 14.1. The first-order chi connectivity index (χ1) is 12.5. The molecule has 0 amide bonds. The first-order valence-corrected chi connectivity index (χ1v) is 6.76. The molecule has 144 valence electrons. The van der Waals surface area contributed by atoms with Crippen molar-refractivity contribution in [2.45, 2.75) is 6.18 Å². The minimum Gasteiger partial charge on any atom is -0.468 e. The zero-order valence-electron chi connectivity index (χ0n) is 13.1. The van der Waals surface area contributed by atoms with E-state index in [9.17, 15) is 35.5 Å². The van der Waals surface area contributed by atoms with E-state index in [0.717, 1.165) is 7.11 Å². The van der Waals surface area contributed by atoms with Crippen molar-refractivity contribution >= 4 is 11.8 Å². The molecule has 0 bridgehead atoms. The number of anilines is 1. The number of hydrogen-bond donors (Lipinski definition) is 1. The van der Waals surface area contributed by atoms with Gasteiger partial charge in [-0.15, -0.1) is 0 Å². The summed E-state index contributed by atoms with van der Waals surface area (Å²) >= 11 is 0. The van der Waals surface area contributed by atoms with Gasteiger partial charge >= 0.3 is 12.1 Å². The Morgan fingerprint density at radius 1 is 1.22 bits per heavy atom. The monoisotopic (exact) mass is 396 g/mol. The van der Waals surface area contributed by atoms with Crippen molar-refractivity contribution in [2.75, 3.05) is 19.0 Å². The number of carbonyl (C=O) groups excluding carboxylic acids is 1. The number of benzene rings is 1. The van der Waals surface area contributed by atoms with E-state index in [4.69, 9.17) is 5.26 Å². The molecule has 2 aromatic rings. The molecule has 0 spiro atoms. The Morgan fingerprint density at radius 2 is 1.78 bits per heavy atom. The standard InChI is InChI=1S/C14H7F7N4O2/c1-27-6(26)4-23-13-5(2-22)3-24-25(13)12-10(17)8(15)7(14(19,20)21)9(16)11(12)18/h3,23H,4H2,1H3. The maximum Gasteiger partial charge on any atom is 0.422 e. The predicted molar refractivity (Wildman–Crippen MR) is 73.6 cm³/mol. The van der Waals surface area contributed by atoms with Crippen LogP contribution in [0, 0.1) is 34.6 Å². The van der Waals surface area contributed by atoms with Gasteiger partial charge in [0.05, 0.1) is 13.3 Å². The quantitative estimate of drug-likeness (QED) is 0.489. The fourth-order valence-electron chi connectivity index (χ4n) is 2.05. The summed E-state index contributed by atoms with van der Waals surface area (Å²) in [5.74, 6) is -11.7. The normalized spacial score (nSPS) is 11.2. The Kier molecular flexibility index (Phi) is 5.29. The largest absolute Gasteiger partial charge is 0.468 e. The summed E-state index contributed by atoms with van der Waals surface area (Å²) in [6, 6.07) is 1.52. The number of halogens is 7. The van der Waals surface area contributed by atoms with E-state index in [1.807, 2.05) is 0 Å². The van der Waals surface area contributed by atoms with Gasteiger partial charge in [-0.2, -0.15) is 23.5 Å². The molecule has 1 heterocycles. The Bertz CT molecular complexity index is 917. The van der Waals surface area contributed by atoms with E-state index in [-0.39, 0.29) is 4.68 Å². The number of aromatic nitrogens is 2. The molecular formula is C14H7F7N4O2.